The summed E-state index contributed by atoms with van der Waals surface area (Å²) in [5.74, 6) is 0.641. The van der Waals surface area contributed by atoms with E-state index in [1.165, 1.54) is 38.4 Å². The quantitative estimate of drug-likeness (QED) is 0.625. The second-order valence-corrected chi connectivity index (χ2v) is 12.4. The van der Waals surface area contributed by atoms with Crippen molar-refractivity contribution in [2.24, 2.45) is 5.92 Å². The Kier molecular flexibility index (Phi) is 7.49. The fourth-order valence-corrected chi connectivity index (χ4v) is 5.89. The van der Waals surface area contributed by atoms with Crippen LogP contribution in [0.3, 0.4) is 0 Å². The summed E-state index contributed by atoms with van der Waals surface area (Å²) < 4.78 is 54.3. The lowest BCUT2D eigenvalue weighted by atomic mass is 9.96. The average molecular weight is 481 g/mol. The molecule has 1 N–H and O–H groups in total. The van der Waals surface area contributed by atoms with Crippen LogP contribution in [-0.4, -0.2) is 73.9 Å². The van der Waals surface area contributed by atoms with Crippen LogP contribution in [0.25, 0.3) is 0 Å². The largest absolute Gasteiger partial charge is 0.370 e. The SMILES string of the molecule is CN(C)CC1CCN(c2ccccc2NS(=O)(=O)c2ccc(S(=O)(=O)N(C)C)cc2)CC1. The molecule has 0 saturated carbocycles. The lowest BCUT2D eigenvalue weighted by molar-refractivity contribution is 0.285. The van der Waals surface area contributed by atoms with Crippen LogP contribution in [0.4, 0.5) is 11.4 Å². The predicted octanol–water partition coefficient (Wildman–Crippen LogP) is 2.52. The first kappa shape index (κ1) is 24.5. The summed E-state index contributed by atoms with van der Waals surface area (Å²) in [7, 11) is -0.469. The van der Waals surface area contributed by atoms with E-state index in [0.717, 1.165) is 42.5 Å². The number of rotatable bonds is 8. The predicted molar refractivity (Wildman–Crippen MR) is 128 cm³/mol. The number of piperidine rings is 1. The van der Waals surface area contributed by atoms with E-state index in [9.17, 15) is 16.8 Å². The molecule has 10 heteroatoms. The highest BCUT2D eigenvalue weighted by Crippen LogP contribution is 2.31. The summed E-state index contributed by atoms with van der Waals surface area (Å²) in [6.07, 6.45) is 2.11. The highest BCUT2D eigenvalue weighted by Gasteiger charge is 2.24. The van der Waals surface area contributed by atoms with E-state index in [-0.39, 0.29) is 9.79 Å². The molecule has 1 saturated heterocycles. The zero-order valence-corrected chi connectivity index (χ0v) is 20.7. The zero-order valence-electron chi connectivity index (χ0n) is 19.0. The first-order valence-electron chi connectivity index (χ1n) is 10.5. The number of nitrogens with one attached hydrogen (secondary N) is 1. The highest BCUT2D eigenvalue weighted by molar-refractivity contribution is 7.92. The molecule has 0 radical (unpaired) electrons. The van der Waals surface area contributed by atoms with Gasteiger partial charge in [-0.25, -0.2) is 21.1 Å². The molecule has 2 aromatic rings. The van der Waals surface area contributed by atoms with Crippen molar-refractivity contribution in [3.63, 3.8) is 0 Å². The van der Waals surface area contributed by atoms with Gasteiger partial charge in [-0.1, -0.05) is 12.1 Å². The lowest BCUT2D eigenvalue weighted by Crippen LogP contribution is -2.37. The summed E-state index contributed by atoms with van der Waals surface area (Å²) in [4.78, 5) is 4.48. The summed E-state index contributed by atoms with van der Waals surface area (Å²) in [5.41, 5.74) is 1.37. The van der Waals surface area contributed by atoms with Gasteiger partial charge in [0.15, 0.2) is 0 Å². The molecule has 0 amide bonds. The van der Waals surface area contributed by atoms with Gasteiger partial charge in [-0.05, 0) is 69.3 Å². The van der Waals surface area contributed by atoms with Crippen molar-refractivity contribution < 1.29 is 16.8 Å². The molecule has 8 nitrogen and oxygen atoms in total. The fourth-order valence-electron chi connectivity index (χ4n) is 3.91. The Morgan fingerprint density at radius 1 is 0.875 bits per heavy atom. The van der Waals surface area contributed by atoms with Crippen LogP contribution in [0, 0.1) is 5.92 Å². The number of anilines is 2. The summed E-state index contributed by atoms with van der Waals surface area (Å²) in [6.45, 7) is 2.80. The first-order chi connectivity index (χ1) is 15.0. The van der Waals surface area contributed by atoms with Crippen LogP contribution >= 0.6 is 0 Å². The average Bonchev–Trinajstić information content (AvgIpc) is 2.74. The number of hydrogen-bond acceptors (Lipinski definition) is 6. The van der Waals surface area contributed by atoms with Gasteiger partial charge in [0, 0.05) is 33.7 Å². The Labute approximate surface area is 191 Å². The Balaban J connectivity index is 1.78. The Morgan fingerprint density at radius 2 is 1.44 bits per heavy atom. The topological polar surface area (TPSA) is 90.0 Å². The molecule has 0 atom stereocenters. The van der Waals surface area contributed by atoms with Crippen LogP contribution in [0.1, 0.15) is 12.8 Å². The van der Waals surface area contributed by atoms with E-state index in [1.54, 1.807) is 12.1 Å². The molecule has 0 aromatic heterocycles. The third kappa shape index (κ3) is 5.61. The minimum absolute atomic E-state index is 0.00898. The molecular weight excluding hydrogens is 448 g/mol. The van der Waals surface area contributed by atoms with Gasteiger partial charge in [-0.3, -0.25) is 4.72 Å². The molecule has 176 valence electrons. The van der Waals surface area contributed by atoms with Gasteiger partial charge in [0.05, 0.1) is 21.2 Å². The van der Waals surface area contributed by atoms with Crippen molar-refractivity contribution in [2.45, 2.75) is 22.6 Å². The molecule has 1 aliphatic heterocycles. The van der Waals surface area contributed by atoms with E-state index < -0.39 is 20.0 Å². The summed E-state index contributed by atoms with van der Waals surface area (Å²) >= 11 is 0. The minimum Gasteiger partial charge on any atom is -0.370 e. The van der Waals surface area contributed by atoms with Gasteiger partial charge in [0.25, 0.3) is 10.0 Å². The van der Waals surface area contributed by atoms with Crippen LogP contribution in [0.5, 0.6) is 0 Å². The van der Waals surface area contributed by atoms with Crippen LogP contribution < -0.4 is 9.62 Å². The summed E-state index contributed by atoms with van der Waals surface area (Å²) in [5, 5.41) is 0. The standard InChI is InChI=1S/C22H32N4O4S2/c1-24(2)17-18-13-15-26(16-14-18)22-8-6-5-7-21(22)23-31(27,28)19-9-11-20(12-10-19)32(29,30)25(3)4/h5-12,18,23H,13-17H2,1-4H3. The first-order valence-corrected chi connectivity index (χ1v) is 13.5. The smallest absolute Gasteiger partial charge is 0.261 e. The van der Waals surface area contributed by atoms with Gasteiger partial charge in [0.2, 0.25) is 10.0 Å². The van der Waals surface area contributed by atoms with Crippen molar-refractivity contribution in [2.75, 3.05) is 57.4 Å². The van der Waals surface area contributed by atoms with Crippen LogP contribution in [0.2, 0.25) is 0 Å². The maximum Gasteiger partial charge on any atom is 0.261 e. The molecule has 0 unspecified atom stereocenters. The number of benzene rings is 2. The van der Waals surface area contributed by atoms with Crippen molar-refractivity contribution in [1.29, 1.82) is 0 Å². The molecule has 0 aliphatic carbocycles. The van der Waals surface area contributed by atoms with Crippen LogP contribution in [-0.2, 0) is 20.0 Å². The van der Waals surface area contributed by atoms with Crippen molar-refractivity contribution in [3.05, 3.63) is 48.5 Å². The fraction of sp³-hybridized carbons (Fsp3) is 0.455. The number of hydrogen-bond donors (Lipinski definition) is 1. The van der Waals surface area contributed by atoms with Gasteiger partial charge in [-0.2, -0.15) is 0 Å². The lowest BCUT2D eigenvalue weighted by Gasteiger charge is -2.35. The second-order valence-electron chi connectivity index (χ2n) is 8.57. The number of nitrogens with zero attached hydrogens (tertiary/aromatic N) is 3. The van der Waals surface area contributed by atoms with Gasteiger partial charge in [-0.15, -0.1) is 0 Å². The third-order valence-electron chi connectivity index (χ3n) is 5.64. The molecular formula is C22H32N4O4S2. The van der Waals surface area contributed by atoms with E-state index in [4.69, 9.17) is 0 Å². The molecule has 1 fully saturated rings. The van der Waals surface area contributed by atoms with Gasteiger partial charge >= 0.3 is 0 Å². The molecule has 1 aliphatic rings. The molecule has 3 rings (SSSR count). The van der Waals surface area contributed by atoms with Gasteiger partial charge < -0.3 is 9.80 Å². The van der Waals surface area contributed by atoms with Crippen molar-refractivity contribution >= 4 is 31.4 Å². The number of sulfonamides is 2. The van der Waals surface area contributed by atoms with Crippen molar-refractivity contribution in [1.82, 2.24) is 9.21 Å². The molecule has 1 heterocycles. The zero-order chi connectivity index (χ0) is 23.5. The minimum atomic E-state index is -3.88. The van der Waals surface area contributed by atoms with E-state index >= 15 is 0 Å². The van der Waals surface area contributed by atoms with Crippen LogP contribution in [0.15, 0.2) is 58.3 Å². The van der Waals surface area contributed by atoms with E-state index in [2.05, 4.69) is 28.6 Å². The monoisotopic (exact) mass is 480 g/mol. The molecule has 32 heavy (non-hydrogen) atoms. The van der Waals surface area contributed by atoms with E-state index in [1.807, 2.05) is 12.1 Å². The highest BCUT2D eigenvalue weighted by atomic mass is 32.2. The molecule has 0 spiro atoms. The maximum absolute atomic E-state index is 13.0. The molecule has 0 bridgehead atoms. The summed E-state index contributed by atoms with van der Waals surface area (Å²) in [6, 6.07) is 12.6. The Bertz CT molecular complexity index is 1120. The van der Waals surface area contributed by atoms with Crippen molar-refractivity contribution in [3.8, 4) is 0 Å². The Morgan fingerprint density at radius 3 is 2.00 bits per heavy atom. The second kappa shape index (κ2) is 9.78. The third-order valence-corrected chi connectivity index (χ3v) is 8.85. The molecule has 2 aromatic carbocycles. The maximum atomic E-state index is 13.0. The Hall–Kier alpha value is -2.14. The number of para-hydroxylation sites is 2. The van der Waals surface area contributed by atoms with Gasteiger partial charge in [0.1, 0.15) is 0 Å². The normalized spacial score (nSPS) is 16.0. The van der Waals surface area contributed by atoms with E-state index in [0.29, 0.717) is 11.6 Å².